The van der Waals surface area contributed by atoms with Gasteiger partial charge in [0, 0.05) is 49.6 Å². The fourth-order valence-corrected chi connectivity index (χ4v) is 9.77. The topological polar surface area (TPSA) is 143 Å². The van der Waals surface area contributed by atoms with E-state index in [4.69, 9.17) is 28.9 Å². The second kappa shape index (κ2) is 21.2. The van der Waals surface area contributed by atoms with Crippen molar-refractivity contribution in [2.45, 2.75) is 94.8 Å². The van der Waals surface area contributed by atoms with Crippen molar-refractivity contribution in [3.63, 3.8) is 0 Å². The number of hydrogen-bond donors (Lipinski definition) is 2. The van der Waals surface area contributed by atoms with Gasteiger partial charge in [-0.1, -0.05) is 54.9 Å². The van der Waals surface area contributed by atoms with Crippen molar-refractivity contribution in [3.8, 4) is 17.6 Å². The number of halogens is 1. The fraction of sp³-hybridized carbons (Fsp3) is 0.460. The first kappa shape index (κ1) is 44.7. The minimum Gasteiger partial charge on any atom is -0.490 e. The Balaban J connectivity index is 1.48. The molecule has 1 saturated heterocycles. The van der Waals surface area contributed by atoms with Gasteiger partial charge in [-0.05, 0) is 116 Å². The van der Waals surface area contributed by atoms with Crippen LogP contribution in [0.25, 0.3) is 0 Å². The summed E-state index contributed by atoms with van der Waals surface area (Å²) in [6, 6.07) is 19.7. The zero-order valence-electron chi connectivity index (χ0n) is 35.3. The zero-order valence-corrected chi connectivity index (χ0v) is 35.3. The van der Waals surface area contributed by atoms with Gasteiger partial charge in [0.25, 0.3) is 5.91 Å². The lowest BCUT2D eigenvalue weighted by Crippen LogP contribution is -2.70. The van der Waals surface area contributed by atoms with Gasteiger partial charge in [0.1, 0.15) is 30.0 Å². The Morgan fingerprint density at radius 1 is 0.984 bits per heavy atom. The van der Waals surface area contributed by atoms with Crippen LogP contribution in [-0.4, -0.2) is 77.9 Å². The monoisotopic (exact) mass is 847 g/mol. The molecule has 1 amide bonds. The van der Waals surface area contributed by atoms with Crippen LogP contribution in [0.15, 0.2) is 109 Å². The molecule has 2 aliphatic heterocycles. The number of ether oxygens (including phenoxy) is 4. The molecule has 12 heteroatoms. The molecule has 3 aromatic rings. The number of benzene rings is 3. The number of allylic oxidation sites excluding steroid dienone is 1. The number of aliphatic hydroxyl groups excluding tert-OH is 2. The number of rotatable bonds is 20. The predicted octanol–water partition coefficient (Wildman–Crippen LogP) is 8.76. The molecular formula is C50H58FN3O8. The molecule has 2 N–H and O–H groups in total. The van der Waals surface area contributed by atoms with Gasteiger partial charge in [-0.3, -0.25) is 4.79 Å². The first-order valence-electron chi connectivity index (χ1n) is 22.0. The summed E-state index contributed by atoms with van der Waals surface area (Å²) in [6.45, 7) is 9.07. The van der Waals surface area contributed by atoms with E-state index in [9.17, 15) is 19.9 Å². The zero-order chi connectivity index (χ0) is 43.5. The van der Waals surface area contributed by atoms with Gasteiger partial charge in [-0.2, -0.15) is 5.26 Å². The number of oxime groups is 1. The second-order valence-corrected chi connectivity index (χ2v) is 16.5. The molecule has 328 valence electrons. The quantitative estimate of drug-likeness (QED) is 0.0648. The van der Waals surface area contributed by atoms with E-state index in [1.165, 1.54) is 12.1 Å². The lowest BCUT2D eigenvalue weighted by molar-refractivity contribution is -0.255. The molecule has 2 aliphatic carbocycles. The predicted molar refractivity (Wildman–Crippen MR) is 233 cm³/mol. The van der Waals surface area contributed by atoms with Gasteiger partial charge in [-0.15, -0.1) is 6.58 Å². The molecule has 11 nitrogen and oxygen atoms in total. The Morgan fingerprint density at radius 2 is 1.74 bits per heavy atom. The van der Waals surface area contributed by atoms with E-state index in [2.05, 4.69) is 25.3 Å². The van der Waals surface area contributed by atoms with Crippen LogP contribution in [0, 0.1) is 34.9 Å². The molecule has 0 bridgehead atoms. The van der Waals surface area contributed by atoms with Gasteiger partial charge in [0.2, 0.25) is 12.1 Å². The number of nitriles is 1. The van der Waals surface area contributed by atoms with E-state index >= 15 is 4.79 Å². The summed E-state index contributed by atoms with van der Waals surface area (Å²) >= 11 is 0. The van der Waals surface area contributed by atoms with E-state index < -0.39 is 29.9 Å². The number of hydrogen-bond acceptors (Lipinski definition) is 10. The van der Waals surface area contributed by atoms with E-state index in [-0.39, 0.29) is 56.4 Å². The minimum absolute atomic E-state index is 0.0142. The third kappa shape index (κ3) is 9.82. The lowest BCUT2D eigenvalue weighted by Gasteiger charge is -2.60. The minimum atomic E-state index is -1.52. The molecule has 7 atom stereocenters. The lowest BCUT2D eigenvalue weighted by atomic mass is 9.55. The molecule has 1 unspecified atom stereocenters. The standard InChI is InChI=1S/C50H58FN3O8/c1-3-26-58-39-22-23-44-42(30-39)47-40(12-6-9-25-56)37(11-5-8-24-55)29-41-43(53-62-46-13-7-10-28-59-46)31-45(50(61-44,48(41)47)60-27-4-2)54(33-35-16-20-38(51)21-17-35)49(57)36-18-14-34(32-52)15-19-36/h3-4,14-23,29-30,37,40,45-48,55-56H,1-2,5-13,24-28,31,33H2/t37-,40+,45-,46?,47+,48+,50+/m0/s1. The molecule has 2 fully saturated rings. The summed E-state index contributed by atoms with van der Waals surface area (Å²) < 4.78 is 41.0. The van der Waals surface area contributed by atoms with E-state index in [0.717, 1.165) is 49.7 Å². The SMILES string of the molecule is C=CCOc1ccc2c(c1)[C@H]1[C@H](CCCCO)[C@@H](CCCCO)C=C3C(=NOC4CCCCO4)C[C@H](N(Cc4ccc(F)cc4)C(=O)c4ccc(C#N)cc4)[C@@](OCC=C)(O2)[C@H]31. The number of unbranched alkanes of at least 4 members (excludes halogenated alkanes) is 2. The van der Waals surface area contributed by atoms with Crippen LogP contribution >= 0.6 is 0 Å². The highest BCUT2D eigenvalue weighted by Crippen LogP contribution is 2.62. The van der Waals surface area contributed by atoms with Crippen molar-refractivity contribution in [2.24, 2.45) is 22.9 Å². The number of carbonyl (C=O) groups excluding carboxylic acids is 1. The van der Waals surface area contributed by atoms with Gasteiger partial charge < -0.3 is 38.9 Å². The number of carbonyl (C=O) groups is 1. The average molecular weight is 848 g/mol. The summed E-state index contributed by atoms with van der Waals surface area (Å²) in [7, 11) is 0. The first-order chi connectivity index (χ1) is 30.3. The third-order valence-corrected chi connectivity index (χ3v) is 12.6. The highest BCUT2D eigenvalue weighted by Gasteiger charge is 2.65. The average Bonchev–Trinajstić information content (AvgIpc) is 3.30. The molecule has 62 heavy (non-hydrogen) atoms. The van der Waals surface area contributed by atoms with Crippen LogP contribution in [0.2, 0.25) is 0 Å². The maximum Gasteiger partial charge on any atom is 0.254 e. The number of nitrogens with zero attached hydrogens (tertiary/aromatic N) is 3. The molecule has 3 aromatic carbocycles. The molecule has 4 aliphatic rings. The largest absolute Gasteiger partial charge is 0.490 e. The van der Waals surface area contributed by atoms with Gasteiger partial charge in [-0.25, -0.2) is 4.39 Å². The van der Waals surface area contributed by atoms with Crippen LogP contribution in [0.4, 0.5) is 4.39 Å². The van der Waals surface area contributed by atoms with Crippen LogP contribution < -0.4 is 9.47 Å². The van der Waals surface area contributed by atoms with Crippen molar-refractivity contribution in [1.82, 2.24) is 4.90 Å². The third-order valence-electron chi connectivity index (χ3n) is 12.6. The maximum absolute atomic E-state index is 15.3. The van der Waals surface area contributed by atoms with Crippen molar-refractivity contribution in [2.75, 3.05) is 33.0 Å². The highest BCUT2D eigenvalue weighted by atomic mass is 19.1. The molecule has 0 spiro atoms. The number of amides is 1. The smallest absolute Gasteiger partial charge is 0.254 e. The Hall–Kier alpha value is -5.32. The van der Waals surface area contributed by atoms with Gasteiger partial charge in [0.15, 0.2) is 0 Å². The molecule has 7 rings (SSSR count). The Labute approximate surface area is 364 Å². The van der Waals surface area contributed by atoms with Crippen molar-refractivity contribution in [1.29, 1.82) is 5.26 Å². The van der Waals surface area contributed by atoms with Crippen molar-refractivity contribution < 1.29 is 43.2 Å². The molecular weight excluding hydrogens is 790 g/mol. The Morgan fingerprint density at radius 3 is 2.44 bits per heavy atom. The van der Waals surface area contributed by atoms with Crippen LogP contribution in [0.5, 0.6) is 11.5 Å². The summed E-state index contributed by atoms with van der Waals surface area (Å²) in [4.78, 5) is 23.3. The van der Waals surface area contributed by atoms with Gasteiger partial charge in [0.05, 0.1) is 36.5 Å². The molecule has 1 saturated carbocycles. The molecule has 0 radical (unpaired) electrons. The van der Waals surface area contributed by atoms with E-state index in [1.54, 1.807) is 53.5 Å². The normalized spacial score (nSPS) is 25.6. The molecule has 0 aromatic heterocycles. The fourth-order valence-electron chi connectivity index (χ4n) is 9.77. The van der Waals surface area contributed by atoms with Crippen molar-refractivity contribution in [3.05, 3.63) is 132 Å². The summed E-state index contributed by atoms with van der Waals surface area (Å²) in [6.07, 6.45) is 12.3. The van der Waals surface area contributed by atoms with E-state index in [0.29, 0.717) is 66.4 Å². The van der Waals surface area contributed by atoms with E-state index in [1.807, 2.05) is 18.2 Å². The van der Waals surface area contributed by atoms with Crippen LogP contribution in [-0.2, 0) is 20.9 Å². The number of aliphatic hydroxyl groups is 2. The Bertz CT molecular complexity index is 2110. The maximum atomic E-state index is 15.3. The second-order valence-electron chi connectivity index (χ2n) is 16.5. The summed E-state index contributed by atoms with van der Waals surface area (Å²) in [5.41, 5.74) is 3.92. The summed E-state index contributed by atoms with van der Waals surface area (Å²) in [5.74, 6) is -1.76. The van der Waals surface area contributed by atoms with Crippen molar-refractivity contribution >= 4 is 11.6 Å². The van der Waals surface area contributed by atoms with Gasteiger partial charge >= 0.3 is 0 Å². The molecule has 2 heterocycles. The Kier molecular flexibility index (Phi) is 15.3. The summed E-state index contributed by atoms with van der Waals surface area (Å²) in [5, 5.41) is 34.4. The van der Waals surface area contributed by atoms with Crippen LogP contribution in [0.3, 0.4) is 0 Å². The highest BCUT2D eigenvalue weighted by molar-refractivity contribution is 6.03. The van der Waals surface area contributed by atoms with Crippen LogP contribution in [0.1, 0.15) is 97.2 Å². The number of fused-ring (bicyclic) bond motifs is 2. The first-order valence-corrected chi connectivity index (χ1v) is 22.0.